The third-order valence-electron chi connectivity index (χ3n) is 5.44. The molecule has 1 unspecified atom stereocenters. The summed E-state index contributed by atoms with van der Waals surface area (Å²) in [5.74, 6) is 0.730. The first-order valence-corrected chi connectivity index (χ1v) is 9.72. The van der Waals surface area contributed by atoms with E-state index in [9.17, 15) is 9.59 Å². The van der Waals surface area contributed by atoms with Gasteiger partial charge in [-0.15, -0.1) is 0 Å². The number of hydrogen-bond acceptors (Lipinski definition) is 7. The van der Waals surface area contributed by atoms with Gasteiger partial charge < -0.3 is 15.1 Å². The molecule has 0 radical (unpaired) electrons. The Morgan fingerprint density at radius 1 is 1.21 bits per heavy atom. The van der Waals surface area contributed by atoms with Crippen molar-refractivity contribution in [2.45, 2.75) is 12.8 Å². The Balaban J connectivity index is 1.58. The smallest absolute Gasteiger partial charge is 0.255 e. The van der Waals surface area contributed by atoms with Gasteiger partial charge in [0.25, 0.3) is 5.56 Å². The van der Waals surface area contributed by atoms with Crippen molar-refractivity contribution < 1.29 is 4.79 Å². The van der Waals surface area contributed by atoms with Crippen molar-refractivity contribution in [1.82, 2.24) is 29.7 Å². The first kappa shape index (κ1) is 18.5. The molecule has 2 aliphatic rings. The van der Waals surface area contributed by atoms with Crippen LogP contribution in [0.1, 0.15) is 12.8 Å². The van der Waals surface area contributed by atoms with Gasteiger partial charge in [-0.2, -0.15) is 0 Å². The minimum atomic E-state index is -0.144. The topological polar surface area (TPSA) is 96.2 Å². The highest BCUT2D eigenvalue weighted by Gasteiger charge is 2.31. The molecule has 1 amide bonds. The Labute approximate surface area is 163 Å². The third kappa shape index (κ3) is 3.75. The van der Waals surface area contributed by atoms with Gasteiger partial charge in [0.05, 0.1) is 17.3 Å². The van der Waals surface area contributed by atoms with Crippen molar-refractivity contribution in [3.05, 3.63) is 35.0 Å². The van der Waals surface area contributed by atoms with Crippen LogP contribution in [0.4, 0.5) is 5.95 Å². The van der Waals surface area contributed by atoms with E-state index in [0.717, 1.165) is 45.6 Å². The second-order valence-corrected chi connectivity index (χ2v) is 7.29. The Morgan fingerprint density at radius 3 is 2.79 bits per heavy atom. The fourth-order valence-electron chi connectivity index (χ4n) is 3.89. The quantitative estimate of drug-likeness (QED) is 0.790. The lowest BCUT2D eigenvalue weighted by atomic mass is 9.96. The summed E-state index contributed by atoms with van der Waals surface area (Å²) in [6.07, 6.45) is 4.84. The maximum atomic E-state index is 12.9. The normalized spacial score (nSPS) is 20.2. The fourth-order valence-corrected chi connectivity index (χ4v) is 3.89. The predicted octanol–water partition coefficient (Wildman–Crippen LogP) is -0.114. The molecule has 9 heteroatoms. The van der Waals surface area contributed by atoms with Crippen molar-refractivity contribution in [3.8, 4) is 11.4 Å². The Hall–Kier alpha value is -2.81. The van der Waals surface area contributed by atoms with Crippen molar-refractivity contribution in [2.24, 2.45) is 13.0 Å². The van der Waals surface area contributed by atoms with Crippen LogP contribution in [0.25, 0.3) is 11.4 Å². The van der Waals surface area contributed by atoms with E-state index in [-0.39, 0.29) is 17.4 Å². The van der Waals surface area contributed by atoms with Gasteiger partial charge in [0.15, 0.2) is 0 Å². The molecule has 2 saturated heterocycles. The molecule has 2 aromatic rings. The Morgan fingerprint density at radius 2 is 2.04 bits per heavy atom. The van der Waals surface area contributed by atoms with Gasteiger partial charge in [0.1, 0.15) is 6.33 Å². The molecular formula is C19H25N7O2. The average Bonchev–Trinajstić information content (AvgIpc) is 2.76. The summed E-state index contributed by atoms with van der Waals surface area (Å²) in [6, 6.07) is 3.22. The maximum absolute atomic E-state index is 12.9. The van der Waals surface area contributed by atoms with Crippen LogP contribution in [0.3, 0.4) is 0 Å². The number of anilines is 1. The number of nitrogens with one attached hydrogen (secondary N) is 1. The molecule has 4 rings (SSSR count). The molecule has 2 aliphatic heterocycles. The second kappa shape index (κ2) is 8.05. The molecule has 2 aromatic heterocycles. The fraction of sp³-hybridized carbons (Fsp3) is 0.526. The maximum Gasteiger partial charge on any atom is 0.255 e. The minimum absolute atomic E-state index is 0.0635. The predicted molar refractivity (Wildman–Crippen MR) is 105 cm³/mol. The number of carbonyl (C=O) groups is 1. The molecule has 0 spiro atoms. The summed E-state index contributed by atoms with van der Waals surface area (Å²) in [7, 11) is 1.72. The molecule has 0 aliphatic carbocycles. The average molecular weight is 383 g/mol. The van der Waals surface area contributed by atoms with Gasteiger partial charge in [0, 0.05) is 58.6 Å². The van der Waals surface area contributed by atoms with Crippen molar-refractivity contribution >= 4 is 11.9 Å². The molecule has 148 valence electrons. The first-order valence-electron chi connectivity index (χ1n) is 9.72. The zero-order valence-corrected chi connectivity index (χ0v) is 16.0. The van der Waals surface area contributed by atoms with Gasteiger partial charge in [-0.25, -0.2) is 15.0 Å². The van der Waals surface area contributed by atoms with Gasteiger partial charge in [0.2, 0.25) is 11.9 Å². The van der Waals surface area contributed by atoms with E-state index in [2.05, 4.69) is 20.2 Å². The molecule has 0 saturated carbocycles. The largest absolute Gasteiger partial charge is 0.341 e. The molecule has 2 fully saturated rings. The number of piperidine rings is 1. The standard InChI is InChI=1S/C19H25N7O2/c1-24-17(27)11-16(15-4-5-21-13-22-15)23-19(24)26-8-2-3-14(12-26)18(28)25-9-6-20-7-10-25/h4-5,11,13-14,20H,2-3,6-10,12H2,1H3. The molecule has 28 heavy (non-hydrogen) atoms. The molecular weight excluding hydrogens is 358 g/mol. The Bertz CT molecular complexity index is 893. The lowest BCUT2D eigenvalue weighted by molar-refractivity contribution is -0.136. The van der Waals surface area contributed by atoms with Crippen LogP contribution in [0, 0.1) is 5.92 Å². The number of piperazine rings is 1. The minimum Gasteiger partial charge on any atom is -0.341 e. The zero-order valence-electron chi connectivity index (χ0n) is 16.0. The number of hydrogen-bond donors (Lipinski definition) is 1. The van der Waals surface area contributed by atoms with Crippen LogP contribution in [0.15, 0.2) is 29.5 Å². The molecule has 0 bridgehead atoms. The number of rotatable bonds is 3. The summed E-state index contributed by atoms with van der Waals surface area (Å²) in [5, 5.41) is 3.28. The van der Waals surface area contributed by atoms with Crippen LogP contribution >= 0.6 is 0 Å². The second-order valence-electron chi connectivity index (χ2n) is 7.29. The van der Waals surface area contributed by atoms with E-state index >= 15 is 0 Å². The van der Waals surface area contributed by atoms with Crippen LogP contribution in [0.2, 0.25) is 0 Å². The van der Waals surface area contributed by atoms with E-state index in [1.807, 2.05) is 4.90 Å². The van der Waals surface area contributed by atoms with Crippen LogP contribution in [0.5, 0.6) is 0 Å². The number of nitrogens with zero attached hydrogens (tertiary/aromatic N) is 6. The van der Waals surface area contributed by atoms with Crippen molar-refractivity contribution in [2.75, 3.05) is 44.2 Å². The van der Waals surface area contributed by atoms with Crippen LogP contribution in [-0.4, -0.2) is 69.6 Å². The van der Waals surface area contributed by atoms with Crippen molar-refractivity contribution in [3.63, 3.8) is 0 Å². The molecule has 1 atom stereocenters. The van der Waals surface area contributed by atoms with Gasteiger partial charge >= 0.3 is 0 Å². The van der Waals surface area contributed by atoms with Crippen molar-refractivity contribution in [1.29, 1.82) is 0 Å². The Kier molecular flexibility index (Phi) is 5.34. The number of carbonyl (C=O) groups excluding carboxylic acids is 1. The monoisotopic (exact) mass is 383 g/mol. The summed E-state index contributed by atoms with van der Waals surface area (Å²) >= 11 is 0. The molecule has 4 heterocycles. The lowest BCUT2D eigenvalue weighted by Gasteiger charge is -2.37. The highest BCUT2D eigenvalue weighted by Crippen LogP contribution is 2.24. The van der Waals surface area contributed by atoms with E-state index in [0.29, 0.717) is 23.9 Å². The van der Waals surface area contributed by atoms with E-state index in [1.165, 1.54) is 12.4 Å². The van der Waals surface area contributed by atoms with E-state index in [4.69, 9.17) is 4.98 Å². The first-order chi connectivity index (χ1) is 13.6. The highest BCUT2D eigenvalue weighted by molar-refractivity contribution is 5.80. The van der Waals surface area contributed by atoms with E-state index in [1.54, 1.807) is 23.9 Å². The summed E-state index contributed by atoms with van der Waals surface area (Å²) in [6.45, 7) is 4.57. The van der Waals surface area contributed by atoms with Gasteiger partial charge in [-0.3, -0.25) is 14.2 Å². The number of amides is 1. The van der Waals surface area contributed by atoms with E-state index < -0.39 is 0 Å². The molecule has 9 nitrogen and oxygen atoms in total. The van der Waals surface area contributed by atoms with Gasteiger partial charge in [-0.05, 0) is 18.9 Å². The number of aromatic nitrogens is 4. The SMILES string of the molecule is Cn1c(N2CCCC(C(=O)N3CCNCC3)C2)nc(-c2ccncn2)cc1=O. The third-order valence-corrected chi connectivity index (χ3v) is 5.44. The summed E-state index contributed by atoms with van der Waals surface area (Å²) in [4.78, 5) is 42.3. The van der Waals surface area contributed by atoms with Crippen LogP contribution in [-0.2, 0) is 11.8 Å². The molecule has 1 N–H and O–H groups in total. The zero-order chi connectivity index (χ0) is 19.5. The lowest BCUT2D eigenvalue weighted by Crippen LogP contribution is -2.51. The highest BCUT2D eigenvalue weighted by atomic mass is 16.2. The molecule has 0 aromatic carbocycles. The summed E-state index contributed by atoms with van der Waals surface area (Å²) < 4.78 is 1.54. The van der Waals surface area contributed by atoms with Crippen LogP contribution < -0.4 is 15.8 Å². The van der Waals surface area contributed by atoms with Gasteiger partial charge in [-0.1, -0.05) is 0 Å². The summed E-state index contributed by atoms with van der Waals surface area (Å²) in [5.41, 5.74) is 0.990.